The highest BCUT2D eigenvalue weighted by Gasteiger charge is 2.18. The largest absolute Gasteiger partial charge is 0.309 e. The van der Waals surface area contributed by atoms with Crippen molar-refractivity contribution in [2.24, 2.45) is 5.92 Å². The first kappa shape index (κ1) is 20.4. The van der Waals surface area contributed by atoms with Crippen molar-refractivity contribution in [3.05, 3.63) is 55.9 Å². The van der Waals surface area contributed by atoms with Crippen molar-refractivity contribution in [2.75, 3.05) is 0 Å². The number of aromatic amines is 1. The second-order valence-electron chi connectivity index (χ2n) is 6.87. The monoisotopic (exact) mass is 465 g/mol. The van der Waals surface area contributed by atoms with Crippen LogP contribution >= 0.6 is 46.3 Å². The van der Waals surface area contributed by atoms with Crippen molar-refractivity contribution < 1.29 is 0 Å². The van der Waals surface area contributed by atoms with E-state index in [1.165, 1.54) is 23.1 Å². The minimum Gasteiger partial charge on any atom is -0.309 e. The van der Waals surface area contributed by atoms with Crippen LogP contribution in [0, 0.1) is 5.92 Å². The Labute approximate surface area is 185 Å². The summed E-state index contributed by atoms with van der Waals surface area (Å²) in [5, 5.41) is 12.5. The maximum Gasteiger partial charge on any atom is 0.268 e. The first-order valence-electron chi connectivity index (χ1n) is 8.90. The average molecular weight is 466 g/mol. The molecule has 0 saturated heterocycles. The molecule has 150 valence electrons. The number of fused-ring (bicyclic) bond motifs is 1. The normalized spacial score (nSPS) is 11.6. The summed E-state index contributed by atoms with van der Waals surface area (Å²) in [6.07, 6.45) is 0. The molecule has 1 aromatic carbocycles. The van der Waals surface area contributed by atoms with Crippen LogP contribution in [0.1, 0.15) is 19.7 Å². The third kappa shape index (κ3) is 4.35. The maximum absolute atomic E-state index is 12.2. The zero-order valence-corrected chi connectivity index (χ0v) is 18.8. The molecule has 6 nitrogen and oxygen atoms in total. The molecule has 4 rings (SSSR count). The standard InChI is InChI=1S/C19H17Cl2N5OS2/c1-10(2)8-26-17(12-4-3-11(20)7-13(12)21)24-25-19(26)29-9-15-22-14-5-6-28-16(14)18(27)23-15/h3-7,10H,8-9H2,1-2H3,(H,22,23,27). The molecule has 0 atom stereocenters. The molecule has 4 aromatic rings. The van der Waals surface area contributed by atoms with E-state index in [0.717, 1.165) is 17.3 Å². The molecule has 3 heterocycles. The van der Waals surface area contributed by atoms with Crippen LogP contribution in [0.5, 0.6) is 0 Å². The van der Waals surface area contributed by atoms with E-state index in [1.807, 2.05) is 22.1 Å². The van der Waals surface area contributed by atoms with Crippen LogP contribution in [0.3, 0.4) is 0 Å². The number of thiophene rings is 1. The Bertz CT molecular complexity index is 1230. The molecular formula is C19H17Cl2N5OS2. The van der Waals surface area contributed by atoms with Crippen LogP contribution in [0.25, 0.3) is 21.6 Å². The van der Waals surface area contributed by atoms with Gasteiger partial charge in [0.2, 0.25) is 0 Å². The summed E-state index contributed by atoms with van der Waals surface area (Å²) in [5.74, 6) is 2.16. The minimum atomic E-state index is -0.113. The van der Waals surface area contributed by atoms with Gasteiger partial charge in [0.05, 0.1) is 16.3 Å². The van der Waals surface area contributed by atoms with Crippen molar-refractivity contribution in [3.8, 4) is 11.4 Å². The molecule has 0 aliphatic carbocycles. The van der Waals surface area contributed by atoms with Gasteiger partial charge in [-0.1, -0.05) is 48.8 Å². The van der Waals surface area contributed by atoms with E-state index in [2.05, 4.69) is 34.0 Å². The van der Waals surface area contributed by atoms with Gasteiger partial charge in [0.15, 0.2) is 11.0 Å². The van der Waals surface area contributed by atoms with E-state index in [9.17, 15) is 4.79 Å². The Morgan fingerprint density at radius 1 is 1.24 bits per heavy atom. The van der Waals surface area contributed by atoms with Gasteiger partial charge >= 0.3 is 0 Å². The van der Waals surface area contributed by atoms with Gasteiger partial charge in [0.1, 0.15) is 10.5 Å². The number of thioether (sulfide) groups is 1. The summed E-state index contributed by atoms with van der Waals surface area (Å²) in [4.78, 5) is 19.6. The van der Waals surface area contributed by atoms with Crippen molar-refractivity contribution in [1.29, 1.82) is 0 Å². The Morgan fingerprint density at radius 2 is 2.07 bits per heavy atom. The number of benzene rings is 1. The zero-order chi connectivity index (χ0) is 20.5. The smallest absolute Gasteiger partial charge is 0.268 e. The molecule has 3 aromatic heterocycles. The molecular weight excluding hydrogens is 449 g/mol. The maximum atomic E-state index is 12.2. The average Bonchev–Trinajstić information content (AvgIpc) is 3.27. The third-order valence-electron chi connectivity index (χ3n) is 4.14. The number of rotatable bonds is 6. The van der Waals surface area contributed by atoms with Crippen molar-refractivity contribution in [3.63, 3.8) is 0 Å². The first-order chi connectivity index (χ1) is 13.9. The van der Waals surface area contributed by atoms with E-state index >= 15 is 0 Å². The highest BCUT2D eigenvalue weighted by atomic mass is 35.5. The molecule has 0 unspecified atom stereocenters. The van der Waals surface area contributed by atoms with Gasteiger partial charge in [-0.05, 0) is 35.6 Å². The molecule has 1 N–H and O–H groups in total. The second-order valence-corrected chi connectivity index (χ2v) is 9.57. The Kier molecular flexibility index (Phi) is 5.96. The van der Waals surface area contributed by atoms with E-state index in [-0.39, 0.29) is 5.56 Å². The highest BCUT2D eigenvalue weighted by molar-refractivity contribution is 7.98. The lowest BCUT2D eigenvalue weighted by Gasteiger charge is -2.13. The molecule has 0 spiro atoms. The number of H-pyrrole nitrogens is 1. The van der Waals surface area contributed by atoms with Crippen LogP contribution in [-0.2, 0) is 12.3 Å². The molecule has 0 fully saturated rings. The van der Waals surface area contributed by atoms with Crippen LogP contribution < -0.4 is 5.56 Å². The molecule has 0 bridgehead atoms. The summed E-state index contributed by atoms with van der Waals surface area (Å²) in [5.41, 5.74) is 1.38. The predicted octanol–water partition coefficient (Wildman–Crippen LogP) is 5.50. The number of hydrogen-bond acceptors (Lipinski definition) is 6. The molecule has 0 amide bonds. The molecule has 0 aliphatic rings. The molecule has 0 saturated carbocycles. The summed E-state index contributed by atoms with van der Waals surface area (Å²) in [6, 6.07) is 7.19. The topological polar surface area (TPSA) is 76.5 Å². The van der Waals surface area contributed by atoms with E-state index in [4.69, 9.17) is 23.2 Å². The Hall–Kier alpha value is -1.87. The van der Waals surface area contributed by atoms with Crippen LogP contribution in [-0.4, -0.2) is 24.7 Å². The number of nitrogens with zero attached hydrogens (tertiary/aromatic N) is 4. The van der Waals surface area contributed by atoms with Gasteiger partial charge in [0.25, 0.3) is 5.56 Å². The van der Waals surface area contributed by atoms with Gasteiger partial charge < -0.3 is 9.55 Å². The summed E-state index contributed by atoms with van der Waals surface area (Å²) in [7, 11) is 0. The van der Waals surface area contributed by atoms with Crippen LogP contribution in [0.2, 0.25) is 10.0 Å². The van der Waals surface area contributed by atoms with E-state index in [1.54, 1.807) is 12.1 Å². The predicted molar refractivity (Wildman–Crippen MR) is 120 cm³/mol. The summed E-state index contributed by atoms with van der Waals surface area (Å²) < 4.78 is 2.69. The number of halogens is 2. The lowest BCUT2D eigenvalue weighted by atomic mass is 10.2. The fraction of sp³-hybridized carbons (Fsp3) is 0.263. The lowest BCUT2D eigenvalue weighted by Crippen LogP contribution is -2.10. The summed E-state index contributed by atoms with van der Waals surface area (Å²) >= 11 is 15.3. The zero-order valence-electron chi connectivity index (χ0n) is 15.6. The first-order valence-corrected chi connectivity index (χ1v) is 11.5. The highest BCUT2D eigenvalue weighted by Crippen LogP contribution is 2.32. The Balaban J connectivity index is 1.66. The van der Waals surface area contributed by atoms with Crippen LogP contribution in [0.4, 0.5) is 0 Å². The molecule has 0 aliphatic heterocycles. The lowest BCUT2D eigenvalue weighted by molar-refractivity contribution is 0.498. The van der Waals surface area contributed by atoms with Crippen molar-refractivity contribution in [2.45, 2.75) is 31.3 Å². The SMILES string of the molecule is CC(C)Cn1c(SCc2nc3ccsc3c(=O)[nH]2)nnc1-c1ccc(Cl)cc1Cl. The number of aromatic nitrogens is 5. The van der Waals surface area contributed by atoms with Gasteiger partial charge in [-0.3, -0.25) is 4.79 Å². The van der Waals surface area contributed by atoms with E-state index in [0.29, 0.717) is 43.6 Å². The van der Waals surface area contributed by atoms with Gasteiger partial charge in [-0.15, -0.1) is 21.5 Å². The van der Waals surface area contributed by atoms with Gasteiger partial charge in [0, 0.05) is 17.1 Å². The van der Waals surface area contributed by atoms with Crippen LogP contribution in [0.15, 0.2) is 39.6 Å². The molecule has 29 heavy (non-hydrogen) atoms. The van der Waals surface area contributed by atoms with Crippen molar-refractivity contribution >= 4 is 56.5 Å². The quantitative estimate of drug-likeness (QED) is 0.380. The van der Waals surface area contributed by atoms with E-state index < -0.39 is 0 Å². The molecule has 0 radical (unpaired) electrons. The molecule has 10 heteroatoms. The second kappa shape index (κ2) is 8.47. The minimum absolute atomic E-state index is 0.113. The third-order valence-corrected chi connectivity index (χ3v) is 6.57. The summed E-state index contributed by atoms with van der Waals surface area (Å²) in [6.45, 7) is 4.99. The number of hydrogen-bond donors (Lipinski definition) is 1. The van der Waals surface area contributed by atoms with Crippen molar-refractivity contribution in [1.82, 2.24) is 24.7 Å². The Morgan fingerprint density at radius 3 is 2.83 bits per heavy atom. The van der Waals surface area contributed by atoms with Gasteiger partial charge in [-0.25, -0.2) is 4.98 Å². The fourth-order valence-corrected chi connectivity index (χ4v) is 4.95. The number of nitrogens with one attached hydrogen (secondary N) is 1. The van der Waals surface area contributed by atoms with Gasteiger partial charge in [-0.2, -0.15) is 0 Å². The fourth-order valence-electron chi connectivity index (χ4n) is 2.92.